The van der Waals surface area contributed by atoms with Gasteiger partial charge in [0, 0.05) is 5.92 Å². The Morgan fingerprint density at radius 1 is 1.35 bits per heavy atom. The Hall–Kier alpha value is -0.580. The van der Waals surface area contributed by atoms with Crippen molar-refractivity contribution in [2.45, 2.75) is 51.8 Å². The van der Waals surface area contributed by atoms with Gasteiger partial charge in [0.05, 0.1) is 12.0 Å². The molecule has 0 saturated heterocycles. The van der Waals surface area contributed by atoms with E-state index in [2.05, 4.69) is 0 Å². The van der Waals surface area contributed by atoms with Crippen molar-refractivity contribution in [1.82, 2.24) is 0 Å². The van der Waals surface area contributed by atoms with Crippen molar-refractivity contribution in [3.63, 3.8) is 0 Å². The van der Waals surface area contributed by atoms with Gasteiger partial charge in [-0.3, -0.25) is 4.79 Å². The molecule has 1 saturated carbocycles. The Morgan fingerprint density at radius 3 is 2.53 bits per heavy atom. The summed E-state index contributed by atoms with van der Waals surface area (Å²) in [4.78, 5) is 11.7. The predicted octanol–water partition coefficient (Wildman–Crippen LogP) is 3.35. The molecule has 0 bridgehead atoms. The van der Waals surface area contributed by atoms with E-state index in [4.69, 9.17) is 4.74 Å². The molecule has 0 aromatic carbocycles. The molecule has 2 unspecified atom stereocenters. The van der Waals surface area contributed by atoms with E-state index in [0.29, 0.717) is 12.8 Å². The van der Waals surface area contributed by atoms with Crippen LogP contribution >= 0.6 is 0 Å². The van der Waals surface area contributed by atoms with Gasteiger partial charge >= 0.3 is 6.18 Å². The minimum atomic E-state index is -4.17. The Kier molecular flexibility index (Phi) is 4.98. The average molecular weight is 252 g/mol. The second-order valence-corrected chi connectivity index (χ2v) is 4.93. The lowest BCUT2D eigenvalue weighted by molar-refractivity contribution is -0.186. The maximum Gasteiger partial charge on any atom is 0.391 e. The monoisotopic (exact) mass is 252 g/mol. The van der Waals surface area contributed by atoms with Crippen LogP contribution < -0.4 is 0 Å². The topological polar surface area (TPSA) is 26.3 Å². The van der Waals surface area contributed by atoms with E-state index in [0.717, 1.165) is 0 Å². The molecule has 1 fully saturated rings. The largest absolute Gasteiger partial charge is 0.391 e. The van der Waals surface area contributed by atoms with Gasteiger partial charge in [0.15, 0.2) is 5.78 Å². The van der Waals surface area contributed by atoms with Gasteiger partial charge in [-0.2, -0.15) is 13.2 Å². The van der Waals surface area contributed by atoms with E-state index >= 15 is 0 Å². The van der Waals surface area contributed by atoms with Crippen molar-refractivity contribution < 1.29 is 22.7 Å². The SMILES string of the molecule is CC(C)OCC(=O)C1CCCC(C(F)(F)F)C1. The predicted molar refractivity (Wildman–Crippen MR) is 57.6 cm³/mol. The van der Waals surface area contributed by atoms with Crippen LogP contribution in [0, 0.1) is 11.8 Å². The first-order valence-corrected chi connectivity index (χ1v) is 6.01. The van der Waals surface area contributed by atoms with Crippen LogP contribution in [0.5, 0.6) is 0 Å². The van der Waals surface area contributed by atoms with Crippen molar-refractivity contribution in [3.8, 4) is 0 Å². The molecule has 0 amide bonds. The number of halogens is 3. The van der Waals surface area contributed by atoms with Crippen LogP contribution in [0.4, 0.5) is 13.2 Å². The second-order valence-electron chi connectivity index (χ2n) is 4.93. The molecule has 0 radical (unpaired) electrons. The standard InChI is InChI=1S/C12H19F3O2/c1-8(2)17-7-11(16)9-4-3-5-10(6-9)12(13,14)15/h8-10H,3-7H2,1-2H3. The number of alkyl halides is 3. The quantitative estimate of drug-likeness (QED) is 0.767. The summed E-state index contributed by atoms with van der Waals surface area (Å²) in [6.45, 7) is 3.53. The van der Waals surface area contributed by atoms with Crippen LogP contribution in [0.3, 0.4) is 0 Å². The number of Topliss-reactive ketones (excluding diaryl/α,β-unsaturated/α-hetero) is 1. The highest BCUT2D eigenvalue weighted by atomic mass is 19.4. The summed E-state index contributed by atoms with van der Waals surface area (Å²) < 4.78 is 42.8. The van der Waals surface area contributed by atoms with Crippen LogP contribution in [0.2, 0.25) is 0 Å². The first kappa shape index (κ1) is 14.5. The third-order valence-corrected chi connectivity index (χ3v) is 3.15. The average Bonchev–Trinajstić information content (AvgIpc) is 2.25. The Labute approximate surface area is 99.5 Å². The molecular formula is C12H19F3O2. The van der Waals surface area contributed by atoms with Gasteiger partial charge in [-0.15, -0.1) is 0 Å². The lowest BCUT2D eigenvalue weighted by Crippen LogP contribution is -2.33. The van der Waals surface area contributed by atoms with Crippen LogP contribution in [0.1, 0.15) is 39.5 Å². The molecule has 0 heterocycles. The van der Waals surface area contributed by atoms with Gasteiger partial charge in [0.1, 0.15) is 6.61 Å². The molecule has 2 atom stereocenters. The molecule has 0 aromatic heterocycles. The zero-order valence-electron chi connectivity index (χ0n) is 10.2. The van der Waals surface area contributed by atoms with Crippen molar-refractivity contribution in [2.75, 3.05) is 6.61 Å². The summed E-state index contributed by atoms with van der Waals surface area (Å²) in [5, 5.41) is 0. The van der Waals surface area contributed by atoms with Crippen molar-refractivity contribution in [2.24, 2.45) is 11.8 Å². The van der Waals surface area contributed by atoms with Gasteiger partial charge in [0.25, 0.3) is 0 Å². The lowest BCUT2D eigenvalue weighted by Gasteiger charge is -2.29. The fourth-order valence-electron chi connectivity index (χ4n) is 2.15. The minimum absolute atomic E-state index is 0.0626. The highest BCUT2D eigenvalue weighted by molar-refractivity contribution is 5.82. The van der Waals surface area contributed by atoms with Gasteiger partial charge in [-0.1, -0.05) is 6.42 Å². The van der Waals surface area contributed by atoms with Gasteiger partial charge < -0.3 is 4.74 Å². The molecule has 2 nitrogen and oxygen atoms in total. The van der Waals surface area contributed by atoms with Gasteiger partial charge in [-0.25, -0.2) is 0 Å². The summed E-state index contributed by atoms with van der Waals surface area (Å²) in [5.41, 5.74) is 0. The summed E-state index contributed by atoms with van der Waals surface area (Å²) >= 11 is 0. The van der Waals surface area contributed by atoms with E-state index in [-0.39, 0.29) is 31.3 Å². The first-order valence-electron chi connectivity index (χ1n) is 6.01. The molecule has 100 valence electrons. The van der Waals surface area contributed by atoms with E-state index < -0.39 is 18.0 Å². The van der Waals surface area contributed by atoms with Crippen LogP contribution in [-0.4, -0.2) is 24.7 Å². The van der Waals surface area contributed by atoms with E-state index in [1.165, 1.54) is 0 Å². The molecule has 0 aromatic rings. The van der Waals surface area contributed by atoms with E-state index in [1.807, 2.05) is 0 Å². The highest BCUT2D eigenvalue weighted by Gasteiger charge is 2.43. The van der Waals surface area contributed by atoms with Crippen LogP contribution in [-0.2, 0) is 9.53 Å². The van der Waals surface area contributed by atoms with Crippen LogP contribution in [0.25, 0.3) is 0 Å². The summed E-state index contributed by atoms with van der Waals surface area (Å²) in [6, 6.07) is 0. The summed E-state index contributed by atoms with van der Waals surface area (Å²) in [6.07, 6.45) is -3.12. The van der Waals surface area contributed by atoms with Crippen molar-refractivity contribution in [1.29, 1.82) is 0 Å². The smallest absolute Gasteiger partial charge is 0.371 e. The fraction of sp³-hybridized carbons (Fsp3) is 0.917. The Balaban J connectivity index is 2.46. The zero-order valence-corrected chi connectivity index (χ0v) is 10.2. The summed E-state index contributed by atoms with van der Waals surface area (Å²) in [7, 11) is 0. The molecule has 1 aliphatic rings. The maximum atomic E-state index is 12.5. The molecule has 1 rings (SSSR count). The van der Waals surface area contributed by atoms with Crippen LogP contribution in [0.15, 0.2) is 0 Å². The zero-order chi connectivity index (χ0) is 13.1. The third kappa shape index (κ3) is 4.66. The fourth-order valence-corrected chi connectivity index (χ4v) is 2.15. The molecule has 0 spiro atoms. The molecule has 1 aliphatic carbocycles. The Bertz CT molecular complexity index is 261. The van der Waals surface area contributed by atoms with Gasteiger partial charge in [-0.05, 0) is 33.1 Å². The number of ether oxygens (including phenoxy) is 1. The first-order chi connectivity index (χ1) is 7.80. The van der Waals surface area contributed by atoms with E-state index in [9.17, 15) is 18.0 Å². The number of rotatable bonds is 4. The number of ketones is 1. The molecule has 17 heavy (non-hydrogen) atoms. The summed E-state index contributed by atoms with van der Waals surface area (Å²) in [5.74, 6) is -1.98. The normalized spacial score (nSPS) is 26.2. The number of hydrogen-bond donors (Lipinski definition) is 0. The second kappa shape index (κ2) is 5.85. The molecule has 5 heteroatoms. The number of hydrogen-bond acceptors (Lipinski definition) is 2. The van der Waals surface area contributed by atoms with E-state index in [1.54, 1.807) is 13.8 Å². The molecule has 0 aliphatic heterocycles. The third-order valence-electron chi connectivity index (χ3n) is 3.15. The highest BCUT2D eigenvalue weighted by Crippen LogP contribution is 2.40. The minimum Gasteiger partial charge on any atom is -0.371 e. The molecule has 0 N–H and O–H groups in total. The Morgan fingerprint density at radius 2 is 2.00 bits per heavy atom. The van der Waals surface area contributed by atoms with Crippen molar-refractivity contribution in [3.05, 3.63) is 0 Å². The van der Waals surface area contributed by atoms with Crippen molar-refractivity contribution >= 4 is 5.78 Å². The number of carbonyl (C=O) groups is 1. The molecular weight excluding hydrogens is 233 g/mol. The van der Waals surface area contributed by atoms with Gasteiger partial charge in [0.2, 0.25) is 0 Å². The lowest BCUT2D eigenvalue weighted by atomic mass is 9.79. The maximum absolute atomic E-state index is 12.5. The number of carbonyl (C=O) groups excluding carboxylic acids is 1.